The Bertz CT molecular complexity index is 497. The Balaban J connectivity index is 2.36. The lowest BCUT2D eigenvalue weighted by Crippen LogP contribution is -2.33. The second-order valence-corrected chi connectivity index (χ2v) is 4.27. The number of amides is 1. The monoisotopic (exact) mass is 283 g/mol. The summed E-state index contributed by atoms with van der Waals surface area (Å²) in [7, 11) is 1.57. The van der Waals surface area contributed by atoms with Crippen LogP contribution in [0.5, 0.6) is 0 Å². The van der Waals surface area contributed by atoms with Gasteiger partial charge in [-0.3, -0.25) is 9.69 Å². The zero-order chi connectivity index (χ0) is 11.9. The topological polar surface area (TPSA) is 71.8 Å². The maximum Gasteiger partial charge on any atom is 0.279 e. The summed E-state index contributed by atoms with van der Waals surface area (Å²) in [6, 6.07) is 1.78. The number of likely N-dealkylation sites (N-methyl/N-ethyl adjacent to an activating group) is 1. The molecule has 0 aromatic carbocycles. The number of aryl methyl sites for hydroxylation is 1. The minimum absolute atomic E-state index is 0.193. The third kappa shape index (κ3) is 1.76. The van der Waals surface area contributed by atoms with Crippen molar-refractivity contribution in [3.63, 3.8) is 0 Å². The van der Waals surface area contributed by atoms with Crippen molar-refractivity contribution in [1.82, 2.24) is 4.90 Å². The van der Waals surface area contributed by atoms with E-state index >= 15 is 0 Å². The van der Waals surface area contributed by atoms with Crippen molar-refractivity contribution in [2.75, 3.05) is 7.05 Å². The molecule has 2 heterocycles. The summed E-state index contributed by atoms with van der Waals surface area (Å²) in [6.07, 6.45) is 1.57. The third-order valence-corrected chi connectivity index (χ3v) is 3.04. The number of nitrogens with two attached hydrogens (primary N) is 1. The molecule has 84 valence electrons. The second kappa shape index (κ2) is 3.79. The Morgan fingerprint density at radius 3 is 2.75 bits per heavy atom. The van der Waals surface area contributed by atoms with Gasteiger partial charge in [-0.15, -0.1) is 0 Å². The molecule has 5 nitrogen and oxygen atoms in total. The molecule has 2 rings (SSSR count). The molecule has 0 aliphatic carbocycles. The number of aliphatic imine (C=N–C) groups is 1. The summed E-state index contributed by atoms with van der Waals surface area (Å²) in [6.45, 7) is 1.83. The number of nitrogens with zero attached hydrogens (tertiary/aromatic N) is 2. The lowest BCUT2D eigenvalue weighted by Gasteiger charge is -2.05. The van der Waals surface area contributed by atoms with E-state index in [0.717, 1.165) is 10.2 Å². The van der Waals surface area contributed by atoms with Gasteiger partial charge in [-0.05, 0) is 28.9 Å². The van der Waals surface area contributed by atoms with Gasteiger partial charge in [0.1, 0.15) is 17.2 Å². The number of carbonyl (C=O) groups is 1. The smallest absolute Gasteiger partial charge is 0.279 e. The largest absolute Gasteiger partial charge is 0.461 e. The van der Waals surface area contributed by atoms with Crippen LogP contribution in [0.25, 0.3) is 6.08 Å². The van der Waals surface area contributed by atoms with E-state index in [1.54, 1.807) is 19.2 Å². The molecule has 2 N–H and O–H groups in total. The Morgan fingerprint density at radius 2 is 2.31 bits per heavy atom. The molecule has 0 radical (unpaired) electrons. The average Bonchev–Trinajstić information content (AvgIpc) is 2.64. The molecule has 0 saturated heterocycles. The quantitative estimate of drug-likeness (QED) is 0.794. The number of guanidine groups is 1. The minimum Gasteiger partial charge on any atom is -0.461 e. The third-order valence-electron chi connectivity index (χ3n) is 2.26. The first-order valence-electron chi connectivity index (χ1n) is 4.59. The van der Waals surface area contributed by atoms with Crippen molar-refractivity contribution in [2.45, 2.75) is 6.92 Å². The van der Waals surface area contributed by atoms with Gasteiger partial charge in [0.25, 0.3) is 5.91 Å². The molecule has 1 amide bonds. The number of hydrogen-bond acceptors (Lipinski definition) is 4. The number of furan rings is 1. The number of rotatable bonds is 1. The molecule has 16 heavy (non-hydrogen) atoms. The molecule has 0 fully saturated rings. The fourth-order valence-electron chi connectivity index (χ4n) is 1.30. The van der Waals surface area contributed by atoms with E-state index in [1.807, 2.05) is 6.92 Å². The standard InChI is InChI=1S/C10H10BrN3O2/c1-5-7(11)3-6(16-5)4-8-9(15)14(2)10(12)13-8/h3-4H,1-2H3,(H2,12,13)/b8-4-. The normalized spacial score (nSPS) is 18.4. The van der Waals surface area contributed by atoms with Crippen LogP contribution in [0.3, 0.4) is 0 Å². The zero-order valence-corrected chi connectivity index (χ0v) is 10.4. The Labute approximate surface area is 101 Å². The lowest BCUT2D eigenvalue weighted by atomic mass is 10.3. The van der Waals surface area contributed by atoms with Crippen LogP contribution in [-0.2, 0) is 4.79 Å². The van der Waals surface area contributed by atoms with Crippen LogP contribution in [0.15, 0.2) is 25.6 Å². The van der Waals surface area contributed by atoms with Crippen LogP contribution in [0.4, 0.5) is 0 Å². The Hall–Kier alpha value is -1.56. The van der Waals surface area contributed by atoms with Gasteiger partial charge in [0.05, 0.1) is 4.47 Å². The van der Waals surface area contributed by atoms with Crippen LogP contribution in [0.2, 0.25) is 0 Å². The number of halogens is 1. The molecular weight excluding hydrogens is 274 g/mol. The van der Waals surface area contributed by atoms with E-state index < -0.39 is 0 Å². The van der Waals surface area contributed by atoms with Crippen LogP contribution < -0.4 is 5.73 Å². The fraction of sp³-hybridized carbons (Fsp3) is 0.200. The van der Waals surface area contributed by atoms with Gasteiger partial charge < -0.3 is 10.2 Å². The molecule has 0 saturated carbocycles. The Morgan fingerprint density at radius 1 is 1.62 bits per heavy atom. The highest BCUT2D eigenvalue weighted by Gasteiger charge is 2.25. The molecule has 0 spiro atoms. The van der Waals surface area contributed by atoms with Crippen molar-refractivity contribution >= 4 is 33.9 Å². The number of hydrogen-bond donors (Lipinski definition) is 1. The second-order valence-electron chi connectivity index (χ2n) is 3.42. The van der Waals surface area contributed by atoms with Gasteiger partial charge in [-0.25, -0.2) is 4.99 Å². The van der Waals surface area contributed by atoms with Gasteiger partial charge >= 0.3 is 0 Å². The van der Waals surface area contributed by atoms with E-state index in [4.69, 9.17) is 10.2 Å². The van der Waals surface area contributed by atoms with E-state index in [1.165, 1.54) is 4.90 Å². The molecule has 0 bridgehead atoms. The molecule has 0 atom stereocenters. The van der Waals surface area contributed by atoms with Gasteiger partial charge in [-0.2, -0.15) is 0 Å². The van der Waals surface area contributed by atoms with Crippen LogP contribution >= 0.6 is 15.9 Å². The lowest BCUT2D eigenvalue weighted by molar-refractivity contribution is -0.121. The van der Waals surface area contributed by atoms with Crippen molar-refractivity contribution in [2.24, 2.45) is 10.7 Å². The maximum absolute atomic E-state index is 11.6. The van der Waals surface area contributed by atoms with Crippen molar-refractivity contribution in [3.8, 4) is 0 Å². The minimum atomic E-state index is -0.234. The molecule has 1 aromatic heterocycles. The maximum atomic E-state index is 11.6. The van der Waals surface area contributed by atoms with Gasteiger partial charge in [0.15, 0.2) is 0 Å². The zero-order valence-electron chi connectivity index (χ0n) is 8.82. The molecule has 1 aliphatic rings. The highest BCUT2D eigenvalue weighted by Crippen LogP contribution is 2.23. The van der Waals surface area contributed by atoms with Crippen molar-refractivity contribution in [1.29, 1.82) is 0 Å². The highest BCUT2D eigenvalue weighted by molar-refractivity contribution is 9.10. The predicted octanol–water partition coefficient (Wildman–Crippen LogP) is 1.48. The molecule has 1 aromatic rings. The SMILES string of the molecule is Cc1oc(/C=C2\N=C(N)N(C)C2=O)cc1Br. The molecule has 6 heteroatoms. The van der Waals surface area contributed by atoms with E-state index in [2.05, 4.69) is 20.9 Å². The van der Waals surface area contributed by atoms with Gasteiger partial charge in [0.2, 0.25) is 5.96 Å². The fourth-order valence-corrected chi connectivity index (χ4v) is 1.61. The van der Waals surface area contributed by atoms with Crippen LogP contribution in [0, 0.1) is 6.92 Å². The summed E-state index contributed by atoms with van der Waals surface area (Å²) in [5.74, 6) is 1.28. The molecule has 0 unspecified atom stereocenters. The van der Waals surface area contributed by atoms with Crippen LogP contribution in [0.1, 0.15) is 11.5 Å². The van der Waals surface area contributed by atoms with Gasteiger partial charge in [0, 0.05) is 13.1 Å². The first-order valence-corrected chi connectivity index (χ1v) is 5.38. The van der Waals surface area contributed by atoms with Crippen LogP contribution in [-0.4, -0.2) is 23.8 Å². The van der Waals surface area contributed by atoms with E-state index in [9.17, 15) is 4.79 Å². The average molecular weight is 284 g/mol. The first-order chi connectivity index (χ1) is 7.49. The van der Waals surface area contributed by atoms with E-state index in [-0.39, 0.29) is 17.6 Å². The molecular formula is C10H10BrN3O2. The van der Waals surface area contributed by atoms with Crippen molar-refractivity contribution in [3.05, 3.63) is 27.8 Å². The first kappa shape index (κ1) is 10.9. The molecule has 1 aliphatic heterocycles. The van der Waals surface area contributed by atoms with Gasteiger partial charge in [-0.1, -0.05) is 0 Å². The summed E-state index contributed by atoms with van der Waals surface area (Å²) in [5.41, 5.74) is 5.80. The van der Waals surface area contributed by atoms with E-state index in [0.29, 0.717) is 5.76 Å². The number of carbonyl (C=O) groups excluding carboxylic acids is 1. The Kier molecular flexibility index (Phi) is 2.59. The predicted molar refractivity (Wildman–Crippen MR) is 63.5 cm³/mol. The summed E-state index contributed by atoms with van der Waals surface area (Å²) >= 11 is 3.33. The summed E-state index contributed by atoms with van der Waals surface area (Å²) in [4.78, 5) is 16.9. The van der Waals surface area contributed by atoms with Crippen molar-refractivity contribution < 1.29 is 9.21 Å². The highest BCUT2D eigenvalue weighted by atomic mass is 79.9. The summed E-state index contributed by atoms with van der Waals surface area (Å²) < 4.78 is 6.25. The summed E-state index contributed by atoms with van der Waals surface area (Å²) in [5, 5.41) is 0.